The number of ether oxygens (including phenoxy) is 1. The molecular weight excluding hydrogens is 262 g/mol. The van der Waals surface area contributed by atoms with Crippen molar-refractivity contribution < 1.29 is 9.53 Å². The molecule has 0 aliphatic carbocycles. The van der Waals surface area contributed by atoms with Crippen molar-refractivity contribution in [1.82, 2.24) is 5.32 Å². The summed E-state index contributed by atoms with van der Waals surface area (Å²) < 4.78 is 5.62. The fourth-order valence-corrected chi connectivity index (χ4v) is 2.31. The molecule has 1 fully saturated rings. The van der Waals surface area contributed by atoms with Crippen molar-refractivity contribution in [2.24, 2.45) is 5.92 Å². The molecule has 1 aromatic carbocycles. The summed E-state index contributed by atoms with van der Waals surface area (Å²) in [5.41, 5.74) is 0.766. The second-order valence-corrected chi connectivity index (χ2v) is 5.10. The number of Topliss-reactive ketones (excluding diaryl/α,β-unsaturated/α-hetero) is 1. The van der Waals surface area contributed by atoms with Gasteiger partial charge >= 0.3 is 0 Å². The summed E-state index contributed by atoms with van der Waals surface area (Å²) in [5, 5.41) is 3.28. The first-order valence-electron chi connectivity index (χ1n) is 6.68. The highest BCUT2D eigenvalue weighted by atomic mass is 35.5. The molecule has 2 rings (SSSR count). The first-order chi connectivity index (χ1) is 8.66. The van der Waals surface area contributed by atoms with E-state index >= 15 is 0 Å². The van der Waals surface area contributed by atoms with Gasteiger partial charge in [0.15, 0.2) is 5.78 Å². The fourth-order valence-electron chi connectivity index (χ4n) is 2.31. The Labute approximate surface area is 121 Å². The quantitative estimate of drug-likeness (QED) is 0.863. The SMILES string of the molecule is CC(C)Oc1cccc(C(=O)C2CCCNC2)c1.Cl. The molecule has 1 unspecified atom stereocenters. The standard InChI is InChI=1S/C15H21NO2.ClH/c1-11(2)18-14-7-3-5-12(9-14)15(17)13-6-4-8-16-10-13;/h3,5,7,9,11,13,16H,4,6,8,10H2,1-2H3;1H. The molecule has 0 amide bonds. The zero-order valence-corrected chi connectivity index (χ0v) is 12.3. The predicted octanol–water partition coefficient (Wildman–Crippen LogP) is 3.08. The number of benzene rings is 1. The number of hydrogen-bond donors (Lipinski definition) is 1. The maximum atomic E-state index is 12.3. The molecule has 1 atom stereocenters. The highest BCUT2D eigenvalue weighted by Gasteiger charge is 2.22. The van der Waals surface area contributed by atoms with Crippen LogP contribution in [0.25, 0.3) is 0 Å². The molecule has 0 saturated carbocycles. The van der Waals surface area contributed by atoms with Crippen molar-refractivity contribution in [1.29, 1.82) is 0 Å². The minimum atomic E-state index is 0. The van der Waals surface area contributed by atoms with Crippen LogP contribution >= 0.6 is 12.4 Å². The maximum Gasteiger partial charge on any atom is 0.167 e. The number of rotatable bonds is 4. The Bertz CT molecular complexity index is 414. The Morgan fingerprint density at radius 2 is 2.21 bits per heavy atom. The number of carbonyl (C=O) groups excluding carboxylic acids is 1. The second-order valence-electron chi connectivity index (χ2n) is 5.10. The zero-order chi connectivity index (χ0) is 13.0. The van der Waals surface area contributed by atoms with Crippen molar-refractivity contribution in [2.45, 2.75) is 32.8 Å². The molecule has 1 aliphatic rings. The molecule has 3 nitrogen and oxygen atoms in total. The van der Waals surface area contributed by atoms with Crippen molar-refractivity contribution >= 4 is 18.2 Å². The van der Waals surface area contributed by atoms with Crippen molar-refractivity contribution in [3.8, 4) is 5.75 Å². The summed E-state index contributed by atoms with van der Waals surface area (Å²) in [4.78, 5) is 12.3. The highest BCUT2D eigenvalue weighted by Crippen LogP contribution is 2.20. The average molecular weight is 284 g/mol. The minimum absolute atomic E-state index is 0. The highest BCUT2D eigenvalue weighted by molar-refractivity contribution is 5.98. The topological polar surface area (TPSA) is 38.3 Å². The third kappa shape index (κ3) is 4.51. The van der Waals surface area contributed by atoms with E-state index in [1.54, 1.807) is 0 Å². The van der Waals surface area contributed by atoms with E-state index in [4.69, 9.17) is 4.74 Å². The molecule has 1 heterocycles. The molecule has 1 saturated heterocycles. The summed E-state index contributed by atoms with van der Waals surface area (Å²) in [6, 6.07) is 7.53. The zero-order valence-electron chi connectivity index (χ0n) is 11.5. The molecule has 106 valence electrons. The lowest BCUT2D eigenvalue weighted by Gasteiger charge is -2.21. The van der Waals surface area contributed by atoms with Crippen LogP contribution in [0.5, 0.6) is 5.75 Å². The summed E-state index contributed by atoms with van der Waals surface area (Å²) >= 11 is 0. The second kappa shape index (κ2) is 7.51. The van der Waals surface area contributed by atoms with Crippen molar-refractivity contribution in [2.75, 3.05) is 13.1 Å². The molecule has 1 aromatic rings. The number of piperidine rings is 1. The van der Waals surface area contributed by atoms with E-state index in [-0.39, 0.29) is 30.2 Å². The van der Waals surface area contributed by atoms with Crippen LogP contribution in [0.1, 0.15) is 37.0 Å². The van der Waals surface area contributed by atoms with Crippen LogP contribution in [-0.4, -0.2) is 25.0 Å². The Hall–Kier alpha value is -1.06. The summed E-state index contributed by atoms with van der Waals surface area (Å²) in [5.74, 6) is 1.13. The van der Waals surface area contributed by atoms with Gasteiger partial charge in [0.05, 0.1) is 6.10 Å². The molecule has 19 heavy (non-hydrogen) atoms. The predicted molar refractivity (Wildman–Crippen MR) is 79.4 cm³/mol. The lowest BCUT2D eigenvalue weighted by atomic mass is 9.91. The molecule has 4 heteroatoms. The molecule has 0 aromatic heterocycles. The van der Waals surface area contributed by atoms with Crippen LogP contribution in [0, 0.1) is 5.92 Å². The van der Waals surface area contributed by atoms with Gasteiger partial charge in [-0.3, -0.25) is 4.79 Å². The van der Waals surface area contributed by atoms with E-state index in [1.165, 1.54) is 0 Å². The Morgan fingerprint density at radius 1 is 1.42 bits per heavy atom. The van der Waals surface area contributed by atoms with Crippen LogP contribution in [-0.2, 0) is 0 Å². The Kier molecular flexibility index (Phi) is 6.32. The van der Waals surface area contributed by atoms with Crippen molar-refractivity contribution in [3.05, 3.63) is 29.8 Å². The van der Waals surface area contributed by atoms with E-state index in [0.29, 0.717) is 0 Å². The van der Waals surface area contributed by atoms with Gasteiger partial charge in [0.1, 0.15) is 5.75 Å². The molecule has 0 radical (unpaired) electrons. The van der Waals surface area contributed by atoms with Gasteiger partial charge in [-0.25, -0.2) is 0 Å². The number of ketones is 1. The number of nitrogens with one attached hydrogen (secondary N) is 1. The Morgan fingerprint density at radius 3 is 2.84 bits per heavy atom. The van der Waals surface area contributed by atoms with Gasteiger partial charge in [-0.1, -0.05) is 12.1 Å². The maximum absolute atomic E-state index is 12.3. The van der Waals surface area contributed by atoms with Crippen molar-refractivity contribution in [3.63, 3.8) is 0 Å². The molecule has 0 bridgehead atoms. The van der Waals surface area contributed by atoms with Gasteiger partial charge in [0, 0.05) is 18.0 Å². The van der Waals surface area contributed by atoms with Gasteiger partial charge in [0.2, 0.25) is 0 Å². The fraction of sp³-hybridized carbons (Fsp3) is 0.533. The van der Waals surface area contributed by atoms with E-state index in [1.807, 2.05) is 38.1 Å². The van der Waals surface area contributed by atoms with Crippen LogP contribution < -0.4 is 10.1 Å². The van der Waals surface area contributed by atoms with E-state index in [0.717, 1.165) is 37.2 Å². The summed E-state index contributed by atoms with van der Waals surface area (Å²) in [6.45, 7) is 5.80. The van der Waals surface area contributed by atoms with Crippen LogP contribution in [0.2, 0.25) is 0 Å². The Balaban J connectivity index is 0.00000180. The summed E-state index contributed by atoms with van der Waals surface area (Å²) in [7, 11) is 0. The first kappa shape index (κ1) is 16.0. The lowest BCUT2D eigenvalue weighted by Crippen LogP contribution is -2.34. The first-order valence-corrected chi connectivity index (χ1v) is 6.68. The number of carbonyl (C=O) groups is 1. The normalized spacial score (nSPS) is 18.8. The smallest absolute Gasteiger partial charge is 0.167 e. The monoisotopic (exact) mass is 283 g/mol. The molecule has 1 aliphatic heterocycles. The average Bonchev–Trinajstić information content (AvgIpc) is 2.38. The van der Waals surface area contributed by atoms with Gasteiger partial charge in [-0.05, 0) is 45.4 Å². The largest absolute Gasteiger partial charge is 0.491 e. The number of hydrogen-bond acceptors (Lipinski definition) is 3. The van der Waals surface area contributed by atoms with Crippen LogP contribution in [0.15, 0.2) is 24.3 Å². The van der Waals surface area contributed by atoms with E-state index < -0.39 is 0 Å². The lowest BCUT2D eigenvalue weighted by molar-refractivity contribution is 0.0899. The third-order valence-corrected chi connectivity index (χ3v) is 3.16. The van der Waals surface area contributed by atoms with Gasteiger partial charge < -0.3 is 10.1 Å². The molecule has 0 spiro atoms. The van der Waals surface area contributed by atoms with Gasteiger partial charge in [0.25, 0.3) is 0 Å². The molecule has 1 N–H and O–H groups in total. The number of halogens is 1. The van der Waals surface area contributed by atoms with E-state index in [2.05, 4.69) is 5.32 Å². The third-order valence-electron chi connectivity index (χ3n) is 3.16. The van der Waals surface area contributed by atoms with Crippen LogP contribution in [0.3, 0.4) is 0 Å². The van der Waals surface area contributed by atoms with E-state index in [9.17, 15) is 4.79 Å². The summed E-state index contributed by atoms with van der Waals surface area (Å²) in [6.07, 6.45) is 2.20. The van der Waals surface area contributed by atoms with Crippen LogP contribution in [0.4, 0.5) is 0 Å². The molecular formula is C15H22ClNO2. The van der Waals surface area contributed by atoms with Gasteiger partial charge in [-0.2, -0.15) is 0 Å². The minimum Gasteiger partial charge on any atom is -0.491 e. The van der Waals surface area contributed by atoms with Gasteiger partial charge in [-0.15, -0.1) is 12.4 Å².